The van der Waals surface area contributed by atoms with Crippen molar-refractivity contribution < 1.29 is 0 Å². The normalized spacial score (nSPS) is 11.4. The van der Waals surface area contributed by atoms with Gasteiger partial charge in [0.15, 0.2) is 0 Å². The maximum atomic E-state index is 3.55. The number of aromatic nitrogens is 2. The van der Waals surface area contributed by atoms with E-state index in [1.165, 1.54) is 71.6 Å². The van der Waals surface area contributed by atoms with Crippen LogP contribution in [0.15, 0.2) is 140 Å². The minimum atomic E-state index is 0. The van der Waals surface area contributed by atoms with Crippen molar-refractivity contribution in [2.75, 3.05) is 0 Å². The molecule has 2 aromatic heterocycles. The Balaban J connectivity index is 0.00000253. The van der Waals surface area contributed by atoms with Gasteiger partial charge in [-0.3, -0.25) is 0 Å². The molecule has 0 bridgehead atoms. The summed E-state index contributed by atoms with van der Waals surface area (Å²) in [4.78, 5) is 3.55. The maximum absolute atomic E-state index is 3.55. The number of fused-ring (bicyclic) bond motifs is 6. The monoisotopic (exact) mass is 500 g/mol. The zero-order valence-corrected chi connectivity index (χ0v) is 20.7. The van der Waals surface area contributed by atoms with E-state index in [-0.39, 0.29) is 7.43 Å². The molecule has 0 atom stereocenters. The van der Waals surface area contributed by atoms with E-state index >= 15 is 0 Å². The molecular formula is C37H28N2. The number of nitrogens with zero attached hydrogens (tertiary/aromatic N) is 1. The molecule has 2 nitrogen and oxygen atoms in total. The fourth-order valence-corrected chi connectivity index (χ4v) is 5.89. The third-order valence-corrected chi connectivity index (χ3v) is 7.73. The van der Waals surface area contributed by atoms with Crippen molar-refractivity contribution in [3.8, 4) is 27.9 Å². The van der Waals surface area contributed by atoms with Gasteiger partial charge in [-0.25, -0.2) is 0 Å². The van der Waals surface area contributed by atoms with Gasteiger partial charge in [-0.15, -0.1) is 0 Å². The zero-order chi connectivity index (χ0) is 25.1. The molecule has 0 unspecified atom stereocenters. The van der Waals surface area contributed by atoms with Crippen LogP contribution >= 0.6 is 0 Å². The van der Waals surface area contributed by atoms with Gasteiger partial charge in [0.25, 0.3) is 0 Å². The van der Waals surface area contributed by atoms with Gasteiger partial charge in [0.05, 0.1) is 11.0 Å². The SMILES string of the molecule is C.c1ccc(-c2ccc3c(c2)c2ccc(-c4ccc5[nH]c6ccccc6c5c4)cc2n3-c2ccccc2)cc1. The van der Waals surface area contributed by atoms with Crippen LogP contribution in [-0.4, -0.2) is 9.55 Å². The largest absolute Gasteiger partial charge is 0.355 e. The van der Waals surface area contributed by atoms with E-state index in [0.29, 0.717) is 0 Å². The highest BCUT2D eigenvalue weighted by molar-refractivity contribution is 6.12. The highest BCUT2D eigenvalue weighted by atomic mass is 15.0. The minimum Gasteiger partial charge on any atom is -0.355 e. The lowest BCUT2D eigenvalue weighted by Gasteiger charge is -2.09. The lowest BCUT2D eigenvalue weighted by Crippen LogP contribution is -1.93. The molecule has 39 heavy (non-hydrogen) atoms. The first-order valence-corrected chi connectivity index (χ1v) is 13.0. The van der Waals surface area contributed by atoms with Crippen molar-refractivity contribution in [3.63, 3.8) is 0 Å². The summed E-state index contributed by atoms with van der Waals surface area (Å²) in [6, 6.07) is 50.3. The van der Waals surface area contributed by atoms with Gasteiger partial charge in [-0.2, -0.15) is 0 Å². The molecule has 0 amide bonds. The van der Waals surface area contributed by atoms with Gasteiger partial charge < -0.3 is 9.55 Å². The molecule has 0 fully saturated rings. The first kappa shape index (κ1) is 23.1. The van der Waals surface area contributed by atoms with Crippen molar-refractivity contribution in [2.45, 2.75) is 7.43 Å². The number of nitrogens with one attached hydrogen (secondary N) is 1. The molecular weight excluding hydrogens is 472 g/mol. The van der Waals surface area contributed by atoms with Gasteiger partial charge in [0.2, 0.25) is 0 Å². The fraction of sp³-hybridized carbons (Fsp3) is 0.0270. The molecule has 0 saturated heterocycles. The Morgan fingerprint density at radius 3 is 1.85 bits per heavy atom. The zero-order valence-electron chi connectivity index (χ0n) is 20.7. The second kappa shape index (κ2) is 9.04. The molecule has 0 saturated carbocycles. The van der Waals surface area contributed by atoms with E-state index in [2.05, 4.69) is 149 Å². The van der Waals surface area contributed by atoms with Crippen LogP contribution in [0.2, 0.25) is 0 Å². The summed E-state index contributed by atoms with van der Waals surface area (Å²) in [5.74, 6) is 0. The van der Waals surface area contributed by atoms with Crippen LogP contribution in [-0.2, 0) is 0 Å². The molecule has 0 radical (unpaired) electrons. The predicted molar refractivity (Wildman–Crippen MR) is 168 cm³/mol. The van der Waals surface area contributed by atoms with E-state index in [9.17, 15) is 0 Å². The number of para-hydroxylation sites is 2. The van der Waals surface area contributed by atoms with Crippen LogP contribution in [0, 0.1) is 0 Å². The van der Waals surface area contributed by atoms with Gasteiger partial charge >= 0.3 is 0 Å². The third kappa shape index (κ3) is 3.65. The summed E-state index contributed by atoms with van der Waals surface area (Å²) in [7, 11) is 0. The summed E-state index contributed by atoms with van der Waals surface area (Å²) < 4.78 is 2.40. The van der Waals surface area contributed by atoms with Gasteiger partial charge in [-0.05, 0) is 70.8 Å². The lowest BCUT2D eigenvalue weighted by atomic mass is 10.00. The number of H-pyrrole nitrogens is 1. The topological polar surface area (TPSA) is 20.7 Å². The fourth-order valence-electron chi connectivity index (χ4n) is 5.89. The Labute approximate surface area is 227 Å². The Morgan fingerprint density at radius 2 is 1.00 bits per heavy atom. The predicted octanol–water partition coefficient (Wildman–Crippen LogP) is 10.4. The number of benzene rings is 6. The van der Waals surface area contributed by atoms with Crippen LogP contribution in [0.1, 0.15) is 7.43 Å². The van der Waals surface area contributed by atoms with E-state index in [0.717, 1.165) is 0 Å². The van der Waals surface area contributed by atoms with Crippen molar-refractivity contribution in [2.24, 2.45) is 0 Å². The molecule has 2 heterocycles. The second-order valence-corrected chi connectivity index (χ2v) is 9.93. The Morgan fingerprint density at radius 1 is 0.385 bits per heavy atom. The van der Waals surface area contributed by atoms with E-state index in [1.807, 2.05) is 0 Å². The molecule has 0 aliphatic rings. The first-order valence-electron chi connectivity index (χ1n) is 13.0. The van der Waals surface area contributed by atoms with E-state index in [1.54, 1.807) is 0 Å². The summed E-state index contributed by atoms with van der Waals surface area (Å²) >= 11 is 0. The van der Waals surface area contributed by atoms with Gasteiger partial charge in [0.1, 0.15) is 0 Å². The van der Waals surface area contributed by atoms with Crippen molar-refractivity contribution >= 4 is 43.6 Å². The average Bonchev–Trinajstić information content (AvgIpc) is 3.52. The quantitative estimate of drug-likeness (QED) is 0.249. The Kier molecular flexibility index (Phi) is 5.35. The first-order chi connectivity index (χ1) is 18.8. The highest BCUT2D eigenvalue weighted by Gasteiger charge is 2.15. The van der Waals surface area contributed by atoms with Crippen LogP contribution in [0.25, 0.3) is 71.6 Å². The summed E-state index contributed by atoms with van der Waals surface area (Å²) in [5, 5.41) is 5.05. The average molecular weight is 501 g/mol. The smallest absolute Gasteiger partial charge is 0.0547 e. The highest BCUT2D eigenvalue weighted by Crippen LogP contribution is 2.38. The van der Waals surface area contributed by atoms with E-state index < -0.39 is 0 Å². The van der Waals surface area contributed by atoms with Crippen molar-refractivity contribution in [3.05, 3.63) is 140 Å². The van der Waals surface area contributed by atoms with E-state index in [4.69, 9.17) is 0 Å². The number of hydrogen-bond donors (Lipinski definition) is 1. The molecule has 8 rings (SSSR count). The Bertz CT molecular complexity index is 2110. The molecule has 0 aliphatic heterocycles. The van der Waals surface area contributed by atoms with Crippen molar-refractivity contribution in [1.82, 2.24) is 9.55 Å². The molecule has 8 aromatic rings. The standard InChI is InChI=1S/C36H24N2.CH4/c1-3-9-24(10-4-1)25-17-20-35-32(22-25)30-18-15-27(23-36(30)38(35)28-11-5-2-6-12-28)26-16-19-34-31(21-26)29-13-7-8-14-33(29)37-34;/h1-23,37H;1H4. The summed E-state index contributed by atoms with van der Waals surface area (Å²) in [6.45, 7) is 0. The molecule has 186 valence electrons. The maximum Gasteiger partial charge on any atom is 0.0547 e. The lowest BCUT2D eigenvalue weighted by molar-refractivity contribution is 1.18. The minimum absolute atomic E-state index is 0. The van der Waals surface area contributed by atoms with Crippen LogP contribution < -0.4 is 0 Å². The van der Waals surface area contributed by atoms with Gasteiger partial charge in [0, 0.05) is 38.3 Å². The molecule has 2 heteroatoms. The Hall–Kier alpha value is -5.08. The molecule has 1 N–H and O–H groups in total. The number of rotatable bonds is 3. The van der Waals surface area contributed by atoms with Crippen LogP contribution in [0.4, 0.5) is 0 Å². The number of hydrogen-bond acceptors (Lipinski definition) is 0. The molecule has 0 aliphatic carbocycles. The third-order valence-electron chi connectivity index (χ3n) is 7.73. The van der Waals surface area contributed by atoms with Crippen LogP contribution in [0.3, 0.4) is 0 Å². The van der Waals surface area contributed by atoms with Crippen LogP contribution in [0.5, 0.6) is 0 Å². The molecule has 6 aromatic carbocycles. The number of aromatic amines is 1. The summed E-state index contributed by atoms with van der Waals surface area (Å²) in [5.41, 5.74) is 10.9. The van der Waals surface area contributed by atoms with Gasteiger partial charge in [-0.1, -0.05) is 98.4 Å². The summed E-state index contributed by atoms with van der Waals surface area (Å²) in [6.07, 6.45) is 0. The second-order valence-electron chi connectivity index (χ2n) is 9.93. The molecule has 0 spiro atoms. The van der Waals surface area contributed by atoms with Crippen molar-refractivity contribution in [1.29, 1.82) is 0 Å².